The third kappa shape index (κ3) is 4.88. The molecule has 1 aromatic rings. The van der Waals surface area contributed by atoms with Crippen molar-refractivity contribution in [1.29, 1.82) is 0 Å². The monoisotopic (exact) mass is 286 g/mol. The van der Waals surface area contributed by atoms with Gasteiger partial charge in [-0.2, -0.15) is 0 Å². The maximum Gasteiger partial charge on any atom is 0.232 e. The van der Waals surface area contributed by atoms with Gasteiger partial charge in [0.05, 0.1) is 5.75 Å². The Kier molecular flexibility index (Phi) is 6.54. The fourth-order valence-corrected chi connectivity index (χ4v) is 2.50. The minimum Gasteiger partial charge on any atom is -0.341 e. The maximum absolute atomic E-state index is 11.8. The number of likely N-dealkylation sites (N-methyl/N-ethyl adjacent to an activating group) is 1. The number of amides is 1. The van der Waals surface area contributed by atoms with E-state index in [1.165, 1.54) is 0 Å². The van der Waals surface area contributed by atoms with Gasteiger partial charge in [-0.25, -0.2) is 0 Å². The van der Waals surface area contributed by atoms with Gasteiger partial charge in [-0.05, 0) is 24.6 Å². The number of rotatable bonds is 6. The van der Waals surface area contributed by atoms with Crippen molar-refractivity contribution in [3.63, 3.8) is 0 Å². The minimum absolute atomic E-state index is 0.0873. The second-order valence-corrected chi connectivity index (χ2v) is 5.63. The number of benzene rings is 1. The first-order valence-corrected chi connectivity index (χ1v) is 7.35. The molecule has 0 saturated heterocycles. The number of hydrogen-bond donors (Lipinski definition) is 1. The molecule has 5 heteroatoms. The highest BCUT2D eigenvalue weighted by Crippen LogP contribution is 2.17. The fraction of sp³-hybridized carbons (Fsp3) is 0.462. The molecule has 0 aliphatic carbocycles. The number of nitrogens with two attached hydrogens (primary N) is 1. The largest absolute Gasteiger partial charge is 0.341 e. The summed E-state index contributed by atoms with van der Waals surface area (Å²) in [7, 11) is 1.79. The number of carbonyl (C=O) groups excluding carboxylic acids is 1. The van der Waals surface area contributed by atoms with E-state index in [1.54, 1.807) is 23.7 Å². The highest BCUT2D eigenvalue weighted by Gasteiger charge is 2.13. The van der Waals surface area contributed by atoms with Gasteiger partial charge in [0.2, 0.25) is 5.91 Å². The van der Waals surface area contributed by atoms with Gasteiger partial charge in [0, 0.05) is 30.4 Å². The smallest absolute Gasteiger partial charge is 0.232 e. The van der Waals surface area contributed by atoms with E-state index >= 15 is 0 Å². The molecule has 0 bridgehead atoms. The van der Waals surface area contributed by atoms with E-state index in [0.29, 0.717) is 12.3 Å². The minimum atomic E-state index is 0.0873. The van der Waals surface area contributed by atoms with Crippen LogP contribution in [0.5, 0.6) is 0 Å². The van der Waals surface area contributed by atoms with Crippen LogP contribution < -0.4 is 5.73 Å². The summed E-state index contributed by atoms with van der Waals surface area (Å²) in [6, 6.07) is 7.78. The van der Waals surface area contributed by atoms with Crippen molar-refractivity contribution in [2.75, 3.05) is 19.3 Å². The first-order chi connectivity index (χ1) is 8.54. The lowest BCUT2D eigenvalue weighted by atomic mass is 10.2. The average molecular weight is 287 g/mol. The molecule has 0 heterocycles. The molecule has 0 spiro atoms. The van der Waals surface area contributed by atoms with Crippen LogP contribution in [0.15, 0.2) is 24.3 Å². The molecule has 0 saturated carbocycles. The number of hydrogen-bond acceptors (Lipinski definition) is 3. The summed E-state index contributed by atoms with van der Waals surface area (Å²) in [5.74, 6) is 1.37. The van der Waals surface area contributed by atoms with Crippen LogP contribution in [0.3, 0.4) is 0 Å². The molecule has 1 aromatic carbocycles. The Hall–Kier alpha value is -0.710. The van der Waals surface area contributed by atoms with Gasteiger partial charge in [0.1, 0.15) is 0 Å². The molecule has 1 unspecified atom stereocenters. The zero-order valence-corrected chi connectivity index (χ0v) is 12.3. The van der Waals surface area contributed by atoms with Crippen LogP contribution in [-0.2, 0) is 10.5 Å². The zero-order chi connectivity index (χ0) is 13.5. The molecule has 2 N–H and O–H groups in total. The number of nitrogens with zero attached hydrogens (tertiary/aromatic N) is 1. The molecular formula is C13H19ClN2OS. The molecule has 3 nitrogen and oxygen atoms in total. The van der Waals surface area contributed by atoms with Crippen LogP contribution >= 0.6 is 23.4 Å². The summed E-state index contributed by atoms with van der Waals surface area (Å²) in [6.45, 7) is 2.43. The second kappa shape index (κ2) is 7.67. The van der Waals surface area contributed by atoms with E-state index in [4.69, 9.17) is 17.3 Å². The van der Waals surface area contributed by atoms with Crippen molar-refractivity contribution in [3.05, 3.63) is 34.9 Å². The fourth-order valence-electron chi connectivity index (χ4n) is 1.39. The van der Waals surface area contributed by atoms with Gasteiger partial charge >= 0.3 is 0 Å². The molecule has 100 valence electrons. The van der Waals surface area contributed by atoms with Gasteiger partial charge in [0.15, 0.2) is 0 Å². The quantitative estimate of drug-likeness (QED) is 0.873. The molecule has 0 aromatic heterocycles. The molecule has 0 radical (unpaired) electrons. The Morgan fingerprint density at radius 1 is 1.56 bits per heavy atom. The standard InChI is InChI=1S/C13H19ClN2OS/c1-10(7-15)16(2)13(17)9-18-8-11-4-3-5-12(14)6-11/h3-6,10H,7-9,15H2,1-2H3. The molecule has 1 atom stereocenters. The Labute approximate surface area is 118 Å². The average Bonchev–Trinajstić information content (AvgIpc) is 2.36. The van der Waals surface area contributed by atoms with Gasteiger partial charge in [-0.3, -0.25) is 4.79 Å². The second-order valence-electron chi connectivity index (χ2n) is 4.21. The predicted molar refractivity (Wildman–Crippen MR) is 78.9 cm³/mol. The Morgan fingerprint density at radius 2 is 2.28 bits per heavy atom. The predicted octanol–water partition coefficient (Wildman–Crippen LogP) is 2.38. The van der Waals surface area contributed by atoms with Crippen molar-refractivity contribution in [2.45, 2.75) is 18.7 Å². The molecular weight excluding hydrogens is 268 g/mol. The summed E-state index contributed by atoms with van der Waals surface area (Å²) >= 11 is 7.49. The Bertz CT molecular complexity index is 400. The van der Waals surface area contributed by atoms with Crippen molar-refractivity contribution in [3.8, 4) is 0 Å². The highest BCUT2D eigenvalue weighted by molar-refractivity contribution is 7.99. The Morgan fingerprint density at radius 3 is 2.89 bits per heavy atom. The lowest BCUT2D eigenvalue weighted by molar-refractivity contribution is -0.128. The summed E-state index contributed by atoms with van der Waals surface area (Å²) in [6.07, 6.45) is 0. The maximum atomic E-state index is 11.8. The van der Waals surface area contributed by atoms with Crippen LogP contribution in [0.2, 0.25) is 5.02 Å². The third-order valence-corrected chi connectivity index (χ3v) is 4.00. The summed E-state index contributed by atoms with van der Waals surface area (Å²) in [5, 5.41) is 0.730. The van der Waals surface area contributed by atoms with Crippen LogP contribution in [0.1, 0.15) is 12.5 Å². The molecule has 0 aliphatic heterocycles. The highest BCUT2D eigenvalue weighted by atomic mass is 35.5. The van der Waals surface area contributed by atoms with Crippen molar-refractivity contribution in [2.24, 2.45) is 5.73 Å². The molecule has 18 heavy (non-hydrogen) atoms. The summed E-state index contributed by atoms with van der Waals surface area (Å²) in [4.78, 5) is 13.5. The number of thioether (sulfide) groups is 1. The first-order valence-electron chi connectivity index (χ1n) is 5.82. The van der Waals surface area contributed by atoms with Crippen LogP contribution in [-0.4, -0.2) is 36.2 Å². The van der Waals surface area contributed by atoms with Crippen LogP contribution in [0.25, 0.3) is 0 Å². The van der Waals surface area contributed by atoms with Crippen LogP contribution in [0, 0.1) is 0 Å². The van der Waals surface area contributed by atoms with E-state index in [2.05, 4.69) is 0 Å². The van der Waals surface area contributed by atoms with Gasteiger partial charge in [-0.15, -0.1) is 11.8 Å². The molecule has 0 aliphatic rings. The summed E-state index contributed by atoms with van der Waals surface area (Å²) in [5.41, 5.74) is 6.67. The summed E-state index contributed by atoms with van der Waals surface area (Å²) < 4.78 is 0. The van der Waals surface area contributed by atoms with Crippen molar-refractivity contribution < 1.29 is 4.79 Å². The van der Waals surface area contributed by atoms with Crippen LogP contribution in [0.4, 0.5) is 0 Å². The van der Waals surface area contributed by atoms with Gasteiger partial charge in [0.25, 0.3) is 0 Å². The van der Waals surface area contributed by atoms with Crippen molar-refractivity contribution in [1.82, 2.24) is 4.90 Å². The van der Waals surface area contributed by atoms with E-state index in [0.717, 1.165) is 16.3 Å². The SMILES string of the molecule is CC(CN)N(C)C(=O)CSCc1cccc(Cl)c1. The van der Waals surface area contributed by atoms with E-state index < -0.39 is 0 Å². The lowest BCUT2D eigenvalue weighted by Crippen LogP contribution is -2.40. The van der Waals surface area contributed by atoms with E-state index in [-0.39, 0.29) is 11.9 Å². The normalized spacial score (nSPS) is 12.2. The van der Waals surface area contributed by atoms with E-state index in [9.17, 15) is 4.79 Å². The topological polar surface area (TPSA) is 46.3 Å². The lowest BCUT2D eigenvalue weighted by Gasteiger charge is -2.23. The Balaban J connectivity index is 2.36. The third-order valence-electron chi connectivity index (χ3n) is 2.78. The number of halogens is 1. The molecule has 1 rings (SSSR count). The van der Waals surface area contributed by atoms with Crippen molar-refractivity contribution >= 4 is 29.3 Å². The van der Waals surface area contributed by atoms with E-state index in [1.807, 2.05) is 31.2 Å². The molecule has 0 fully saturated rings. The molecule has 1 amide bonds. The van der Waals surface area contributed by atoms with Gasteiger partial charge < -0.3 is 10.6 Å². The first kappa shape index (κ1) is 15.3. The zero-order valence-electron chi connectivity index (χ0n) is 10.7. The number of carbonyl (C=O) groups is 1. The van der Waals surface area contributed by atoms with Gasteiger partial charge in [-0.1, -0.05) is 23.7 Å².